The van der Waals surface area contributed by atoms with Crippen LogP contribution in [0.3, 0.4) is 0 Å². The average molecular weight is 317 g/mol. The molecular formula is C15H19N5O3. The van der Waals surface area contributed by atoms with E-state index in [1.807, 2.05) is 22.7 Å². The second-order valence-corrected chi connectivity index (χ2v) is 5.83. The fraction of sp³-hybridized carbons (Fsp3) is 0.467. The van der Waals surface area contributed by atoms with Gasteiger partial charge in [0.1, 0.15) is 6.54 Å². The Labute approximate surface area is 133 Å². The van der Waals surface area contributed by atoms with E-state index in [0.717, 1.165) is 25.9 Å². The van der Waals surface area contributed by atoms with Crippen LogP contribution in [0, 0.1) is 5.92 Å². The highest BCUT2D eigenvalue weighted by atomic mass is 16.4. The van der Waals surface area contributed by atoms with E-state index in [2.05, 4.69) is 10.1 Å². The number of aromatic nitrogens is 4. The Bertz CT molecular complexity index is 766. The van der Waals surface area contributed by atoms with E-state index in [1.165, 1.54) is 22.7 Å². The molecule has 1 saturated heterocycles. The normalized spacial score (nSPS) is 17.6. The first-order valence-electron chi connectivity index (χ1n) is 7.53. The molecule has 1 atom stereocenters. The predicted octanol–water partition coefficient (Wildman–Crippen LogP) is 0.130. The van der Waals surface area contributed by atoms with Gasteiger partial charge in [0.15, 0.2) is 5.82 Å². The van der Waals surface area contributed by atoms with Gasteiger partial charge in [0.05, 0.1) is 0 Å². The molecule has 0 saturated carbocycles. The van der Waals surface area contributed by atoms with Gasteiger partial charge in [-0.2, -0.15) is 5.10 Å². The van der Waals surface area contributed by atoms with Crippen LogP contribution >= 0.6 is 0 Å². The lowest BCUT2D eigenvalue weighted by molar-refractivity contribution is -0.137. The Hall–Kier alpha value is -2.64. The molecule has 1 aliphatic heterocycles. The largest absolute Gasteiger partial charge is 0.480 e. The van der Waals surface area contributed by atoms with Crippen LogP contribution in [0.5, 0.6) is 0 Å². The fourth-order valence-electron chi connectivity index (χ4n) is 3.01. The Morgan fingerprint density at radius 1 is 1.43 bits per heavy atom. The van der Waals surface area contributed by atoms with Crippen LogP contribution in [0.15, 0.2) is 29.5 Å². The Morgan fingerprint density at radius 3 is 2.96 bits per heavy atom. The van der Waals surface area contributed by atoms with Crippen LogP contribution in [0.2, 0.25) is 0 Å². The van der Waals surface area contributed by atoms with Gasteiger partial charge >= 0.3 is 5.97 Å². The van der Waals surface area contributed by atoms with Gasteiger partial charge in [-0.15, -0.1) is 0 Å². The Balaban J connectivity index is 1.73. The molecule has 1 fully saturated rings. The molecule has 2 aromatic rings. The van der Waals surface area contributed by atoms with Gasteiger partial charge in [-0.05, 0) is 24.8 Å². The first-order valence-corrected chi connectivity index (χ1v) is 7.53. The van der Waals surface area contributed by atoms with E-state index in [0.29, 0.717) is 11.7 Å². The van der Waals surface area contributed by atoms with Gasteiger partial charge < -0.3 is 10.0 Å². The number of nitrogens with zero attached hydrogens (tertiary/aromatic N) is 5. The van der Waals surface area contributed by atoms with Crippen molar-refractivity contribution in [3.63, 3.8) is 0 Å². The maximum Gasteiger partial charge on any atom is 0.323 e. The second kappa shape index (κ2) is 6.23. The molecule has 3 heterocycles. The molecule has 122 valence electrons. The third-order valence-electron chi connectivity index (χ3n) is 4.21. The zero-order valence-corrected chi connectivity index (χ0v) is 12.9. The zero-order chi connectivity index (χ0) is 16.4. The number of carbonyl (C=O) groups is 1. The molecule has 0 aliphatic carbocycles. The summed E-state index contributed by atoms with van der Waals surface area (Å²) in [5, 5.41) is 13.0. The molecular weight excluding hydrogens is 298 g/mol. The zero-order valence-electron chi connectivity index (χ0n) is 12.9. The van der Waals surface area contributed by atoms with Gasteiger partial charge in [0, 0.05) is 44.4 Å². The molecule has 1 unspecified atom stereocenters. The number of rotatable bonds is 5. The topological polar surface area (TPSA) is 93.2 Å². The highest BCUT2D eigenvalue weighted by molar-refractivity contribution is 5.66. The summed E-state index contributed by atoms with van der Waals surface area (Å²) in [4.78, 5) is 29.3. The quantitative estimate of drug-likeness (QED) is 0.842. The average Bonchev–Trinajstić information content (AvgIpc) is 3.11. The third kappa shape index (κ3) is 3.25. The minimum atomic E-state index is -1.04. The standard InChI is InChI=1S/C15H19N5O3/c1-18-12(2-4-17-18)8-11-3-6-19(9-11)14-15(23)20(7-5-16-14)10-13(21)22/h2,4-5,7,11H,3,6,8-10H2,1H3,(H,21,22). The van der Waals surface area contributed by atoms with Gasteiger partial charge in [-0.1, -0.05) is 0 Å². The van der Waals surface area contributed by atoms with E-state index in [-0.39, 0.29) is 12.1 Å². The molecule has 0 aromatic carbocycles. The summed E-state index contributed by atoms with van der Waals surface area (Å²) in [5.74, 6) is -0.277. The van der Waals surface area contributed by atoms with E-state index < -0.39 is 5.97 Å². The molecule has 8 nitrogen and oxygen atoms in total. The lowest BCUT2D eigenvalue weighted by atomic mass is 10.0. The third-order valence-corrected chi connectivity index (χ3v) is 4.21. The first kappa shape index (κ1) is 15.3. The number of aryl methyl sites for hydroxylation is 1. The lowest BCUT2D eigenvalue weighted by Crippen LogP contribution is -2.33. The number of carboxylic acids is 1. The van der Waals surface area contributed by atoms with Gasteiger partial charge in [-0.25, -0.2) is 4.98 Å². The molecule has 0 radical (unpaired) electrons. The minimum absolute atomic E-state index is 0.334. The van der Waals surface area contributed by atoms with Crippen molar-refractivity contribution in [2.45, 2.75) is 19.4 Å². The highest BCUT2D eigenvalue weighted by Crippen LogP contribution is 2.22. The number of anilines is 1. The molecule has 23 heavy (non-hydrogen) atoms. The van der Waals surface area contributed by atoms with Gasteiger partial charge in [0.25, 0.3) is 5.56 Å². The number of aliphatic carboxylic acids is 1. The van der Waals surface area contributed by atoms with E-state index in [4.69, 9.17) is 5.11 Å². The van der Waals surface area contributed by atoms with Gasteiger partial charge in [0.2, 0.25) is 0 Å². The number of hydrogen-bond donors (Lipinski definition) is 1. The van der Waals surface area contributed by atoms with Crippen molar-refractivity contribution >= 4 is 11.8 Å². The van der Waals surface area contributed by atoms with Crippen LogP contribution in [0.1, 0.15) is 12.1 Å². The minimum Gasteiger partial charge on any atom is -0.480 e. The van der Waals surface area contributed by atoms with Crippen molar-refractivity contribution in [3.8, 4) is 0 Å². The van der Waals surface area contributed by atoms with Crippen molar-refractivity contribution in [1.82, 2.24) is 19.3 Å². The molecule has 2 aromatic heterocycles. The van der Waals surface area contributed by atoms with Crippen molar-refractivity contribution in [3.05, 3.63) is 40.7 Å². The van der Waals surface area contributed by atoms with Gasteiger partial charge in [-0.3, -0.25) is 18.8 Å². The van der Waals surface area contributed by atoms with Crippen molar-refractivity contribution in [2.75, 3.05) is 18.0 Å². The summed E-state index contributed by atoms with van der Waals surface area (Å²) in [6, 6.07) is 2.00. The predicted molar refractivity (Wildman–Crippen MR) is 83.4 cm³/mol. The number of carboxylic acid groups (broad SMARTS) is 1. The van der Waals surface area contributed by atoms with E-state index in [9.17, 15) is 9.59 Å². The molecule has 1 aliphatic rings. The van der Waals surface area contributed by atoms with Crippen LogP contribution in [-0.2, 0) is 24.8 Å². The fourth-order valence-corrected chi connectivity index (χ4v) is 3.01. The first-order chi connectivity index (χ1) is 11.0. The van der Waals surface area contributed by atoms with Crippen molar-refractivity contribution < 1.29 is 9.90 Å². The Kier molecular flexibility index (Phi) is 4.14. The van der Waals surface area contributed by atoms with Crippen LogP contribution < -0.4 is 10.5 Å². The van der Waals surface area contributed by atoms with E-state index >= 15 is 0 Å². The number of hydrogen-bond acceptors (Lipinski definition) is 5. The summed E-state index contributed by atoms with van der Waals surface area (Å²) in [7, 11) is 1.92. The summed E-state index contributed by atoms with van der Waals surface area (Å²) >= 11 is 0. The lowest BCUT2D eigenvalue weighted by Gasteiger charge is -2.17. The summed E-state index contributed by atoms with van der Waals surface area (Å²) in [6.07, 6.45) is 6.55. The van der Waals surface area contributed by atoms with E-state index in [1.54, 1.807) is 6.20 Å². The summed E-state index contributed by atoms with van der Waals surface area (Å²) in [6.45, 7) is 1.15. The smallest absolute Gasteiger partial charge is 0.323 e. The molecule has 8 heteroatoms. The molecule has 0 amide bonds. The SMILES string of the molecule is Cn1nccc1CC1CCN(c2nccn(CC(=O)O)c2=O)C1. The molecule has 0 bridgehead atoms. The van der Waals surface area contributed by atoms with Crippen LogP contribution in [0.4, 0.5) is 5.82 Å². The molecule has 3 rings (SSSR count). The Morgan fingerprint density at radius 2 is 2.26 bits per heavy atom. The van der Waals surface area contributed by atoms with Crippen LogP contribution in [0.25, 0.3) is 0 Å². The summed E-state index contributed by atoms with van der Waals surface area (Å²) in [5.41, 5.74) is 0.817. The summed E-state index contributed by atoms with van der Waals surface area (Å²) < 4.78 is 3.04. The van der Waals surface area contributed by atoms with Crippen molar-refractivity contribution in [2.24, 2.45) is 13.0 Å². The maximum absolute atomic E-state index is 12.4. The monoisotopic (exact) mass is 317 g/mol. The highest BCUT2D eigenvalue weighted by Gasteiger charge is 2.26. The van der Waals surface area contributed by atoms with Crippen LogP contribution in [-0.4, -0.2) is 43.5 Å². The second-order valence-electron chi connectivity index (χ2n) is 5.83. The maximum atomic E-state index is 12.4. The molecule has 0 spiro atoms. The van der Waals surface area contributed by atoms with Crippen molar-refractivity contribution in [1.29, 1.82) is 0 Å². The molecule has 1 N–H and O–H groups in total.